The van der Waals surface area contributed by atoms with E-state index in [0.29, 0.717) is 18.5 Å². The van der Waals surface area contributed by atoms with Crippen LogP contribution in [0.2, 0.25) is 0 Å². The van der Waals surface area contributed by atoms with E-state index < -0.39 is 10.0 Å². The van der Waals surface area contributed by atoms with Gasteiger partial charge in [-0.1, -0.05) is 33.1 Å². The minimum absolute atomic E-state index is 0. The Labute approximate surface area is 164 Å². The third-order valence-electron chi connectivity index (χ3n) is 4.33. The minimum Gasteiger partial charge on any atom is -0.370 e. The molecule has 8 heteroatoms. The molecule has 0 heterocycles. The van der Waals surface area contributed by atoms with Gasteiger partial charge in [-0.25, -0.2) is 13.1 Å². The quantitative estimate of drug-likeness (QED) is 0.272. The van der Waals surface area contributed by atoms with Gasteiger partial charge in [0.05, 0.1) is 6.26 Å². The maximum absolute atomic E-state index is 11.4. The van der Waals surface area contributed by atoms with E-state index in [1.165, 1.54) is 19.1 Å². The van der Waals surface area contributed by atoms with Gasteiger partial charge >= 0.3 is 0 Å². The van der Waals surface area contributed by atoms with Crippen LogP contribution < -0.4 is 15.8 Å². The molecule has 24 heavy (non-hydrogen) atoms. The molecule has 0 aromatic carbocycles. The molecule has 1 fully saturated rings. The van der Waals surface area contributed by atoms with Crippen LogP contribution in [0.4, 0.5) is 0 Å². The van der Waals surface area contributed by atoms with Crippen LogP contribution in [0.15, 0.2) is 4.99 Å². The third-order valence-corrected chi connectivity index (χ3v) is 5.06. The first kappa shape index (κ1) is 23.9. The highest BCUT2D eigenvalue weighted by Gasteiger charge is 2.29. The van der Waals surface area contributed by atoms with Crippen LogP contribution in [0.1, 0.15) is 59.3 Å². The van der Waals surface area contributed by atoms with Crippen molar-refractivity contribution in [3.63, 3.8) is 0 Å². The summed E-state index contributed by atoms with van der Waals surface area (Å²) in [5, 5.41) is 3.23. The topological polar surface area (TPSA) is 96.6 Å². The fourth-order valence-corrected chi connectivity index (χ4v) is 3.96. The number of nitrogens with two attached hydrogens (primary N) is 1. The summed E-state index contributed by atoms with van der Waals surface area (Å²) < 4.78 is 25.5. The molecular weight excluding hydrogens is 439 g/mol. The smallest absolute Gasteiger partial charge is 0.208 e. The second kappa shape index (κ2) is 11.5. The Balaban J connectivity index is 0.00000529. The van der Waals surface area contributed by atoms with E-state index in [-0.39, 0.29) is 35.9 Å². The Kier molecular flexibility index (Phi) is 11.5. The van der Waals surface area contributed by atoms with Crippen molar-refractivity contribution in [3.05, 3.63) is 0 Å². The number of hydrogen-bond donors (Lipinski definition) is 3. The summed E-state index contributed by atoms with van der Waals surface area (Å²) in [7, 11) is -3.16. The van der Waals surface area contributed by atoms with Crippen LogP contribution in [0, 0.1) is 11.8 Å². The Hall–Kier alpha value is -0.0900. The molecule has 4 N–H and O–H groups in total. The predicted molar refractivity (Wildman–Crippen MR) is 112 cm³/mol. The number of hydrogen-bond acceptors (Lipinski definition) is 3. The van der Waals surface area contributed by atoms with Gasteiger partial charge in [-0.3, -0.25) is 4.99 Å². The van der Waals surface area contributed by atoms with Gasteiger partial charge in [0.25, 0.3) is 0 Å². The second-order valence-electron chi connectivity index (χ2n) is 7.28. The minimum atomic E-state index is -3.16. The summed E-state index contributed by atoms with van der Waals surface area (Å²) in [5.41, 5.74) is 5.96. The van der Waals surface area contributed by atoms with Gasteiger partial charge in [-0.05, 0) is 38.0 Å². The van der Waals surface area contributed by atoms with Crippen molar-refractivity contribution in [2.45, 2.75) is 71.4 Å². The van der Waals surface area contributed by atoms with Crippen molar-refractivity contribution in [3.8, 4) is 0 Å². The van der Waals surface area contributed by atoms with Crippen LogP contribution in [-0.4, -0.2) is 39.3 Å². The van der Waals surface area contributed by atoms with Gasteiger partial charge in [0, 0.05) is 18.6 Å². The van der Waals surface area contributed by atoms with E-state index in [1.54, 1.807) is 0 Å². The van der Waals surface area contributed by atoms with E-state index in [4.69, 9.17) is 5.73 Å². The average molecular weight is 474 g/mol. The van der Waals surface area contributed by atoms with Gasteiger partial charge in [0.15, 0.2) is 5.96 Å². The molecule has 0 amide bonds. The van der Waals surface area contributed by atoms with Gasteiger partial charge in [-0.15, -0.1) is 24.0 Å². The fraction of sp³-hybridized carbons (Fsp3) is 0.938. The zero-order valence-corrected chi connectivity index (χ0v) is 18.6. The average Bonchev–Trinajstić information content (AvgIpc) is 2.80. The maximum atomic E-state index is 11.4. The molecule has 1 saturated carbocycles. The molecule has 0 aliphatic heterocycles. The number of rotatable bonds is 9. The molecular formula is C16H35IN4O2S. The molecule has 0 aromatic heterocycles. The lowest BCUT2D eigenvalue weighted by molar-refractivity contribution is 0.453. The Morgan fingerprint density at radius 1 is 1.25 bits per heavy atom. The van der Waals surface area contributed by atoms with Gasteiger partial charge in [-0.2, -0.15) is 0 Å². The first-order valence-corrected chi connectivity index (χ1v) is 10.6. The maximum Gasteiger partial charge on any atom is 0.208 e. The highest BCUT2D eigenvalue weighted by Crippen LogP contribution is 2.26. The van der Waals surface area contributed by atoms with Crippen LogP contribution in [0.3, 0.4) is 0 Å². The molecule has 3 unspecified atom stereocenters. The molecule has 0 aromatic rings. The summed E-state index contributed by atoms with van der Waals surface area (Å²) in [6.45, 7) is 7.16. The van der Waals surface area contributed by atoms with Crippen LogP contribution in [0.5, 0.6) is 0 Å². The van der Waals surface area contributed by atoms with Crippen molar-refractivity contribution in [2.75, 3.05) is 12.8 Å². The highest BCUT2D eigenvalue weighted by atomic mass is 127. The fourth-order valence-electron chi connectivity index (χ4n) is 3.10. The molecule has 0 saturated heterocycles. The van der Waals surface area contributed by atoms with Crippen molar-refractivity contribution < 1.29 is 8.42 Å². The van der Waals surface area contributed by atoms with E-state index in [2.05, 4.69) is 35.8 Å². The number of sulfonamides is 1. The van der Waals surface area contributed by atoms with E-state index in [0.717, 1.165) is 31.6 Å². The van der Waals surface area contributed by atoms with Crippen molar-refractivity contribution >= 4 is 40.0 Å². The molecule has 1 aliphatic rings. The van der Waals surface area contributed by atoms with Crippen LogP contribution in [0.25, 0.3) is 0 Å². The summed E-state index contributed by atoms with van der Waals surface area (Å²) >= 11 is 0. The lowest BCUT2D eigenvalue weighted by Gasteiger charge is -2.19. The standard InChI is InChI=1S/C16H34N4O2S.HI/c1-12(2)7-5-8-13(3)19-16(17)18-11-14-9-6-10-15(14)20-23(4,21)22;/h12-15,20H,5-11H2,1-4H3,(H3,17,18,19);1H. The second-order valence-corrected chi connectivity index (χ2v) is 9.06. The number of halogens is 1. The Morgan fingerprint density at radius 2 is 1.92 bits per heavy atom. The summed E-state index contributed by atoms with van der Waals surface area (Å²) in [5.74, 6) is 1.43. The molecule has 0 spiro atoms. The van der Waals surface area contributed by atoms with E-state index in [1.807, 2.05) is 0 Å². The lowest BCUT2D eigenvalue weighted by Crippen LogP contribution is -2.40. The molecule has 1 rings (SSSR count). The number of guanidine groups is 1. The van der Waals surface area contributed by atoms with E-state index in [9.17, 15) is 8.42 Å². The highest BCUT2D eigenvalue weighted by molar-refractivity contribution is 14.0. The number of aliphatic imine (C=N–C) groups is 1. The molecule has 1 aliphatic carbocycles. The molecule has 0 bridgehead atoms. The summed E-state index contributed by atoms with van der Waals surface area (Å²) in [6.07, 6.45) is 7.61. The number of nitrogens with zero attached hydrogens (tertiary/aromatic N) is 1. The van der Waals surface area contributed by atoms with Crippen molar-refractivity contribution in [1.29, 1.82) is 0 Å². The summed E-state index contributed by atoms with van der Waals surface area (Å²) in [6, 6.07) is 0.302. The van der Waals surface area contributed by atoms with Crippen molar-refractivity contribution in [1.82, 2.24) is 10.0 Å². The van der Waals surface area contributed by atoms with Gasteiger partial charge in [0.2, 0.25) is 10.0 Å². The molecule has 3 atom stereocenters. The first-order chi connectivity index (χ1) is 10.7. The van der Waals surface area contributed by atoms with Crippen LogP contribution >= 0.6 is 24.0 Å². The van der Waals surface area contributed by atoms with Crippen LogP contribution in [-0.2, 0) is 10.0 Å². The van der Waals surface area contributed by atoms with E-state index >= 15 is 0 Å². The summed E-state index contributed by atoms with van der Waals surface area (Å²) in [4.78, 5) is 4.42. The Morgan fingerprint density at radius 3 is 2.50 bits per heavy atom. The van der Waals surface area contributed by atoms with Gasteiger partial charge < -0.3 is 11.1 Å². The van der Waals surface area contributed by atoms with Crippen molar-refractivity contribution in [2.24, 2.45) is 22.6 Å². The number of nitrogens with one attached hydrogen (secondary N) is 2. The Bertz CT molecular complexity index is 482. The normalized spacial score (nSPS) is 23.1. The zero-order chi connectivity index (χ0) is 17.5. The predicted octanol–water partition coefficient (Wildman–Crippen LogP) is 2.44. The molecule has 0 radical (unpaired) electrons. The molecule has 6 nitrogen and oxygen atoms in total. The lowest BCUT2D eigenvalue weighted by atomic mass is 10.0. The zero-order valence-electron chi connectivity index (χ0n) is 15.4. The van der Waals surface area contributed by atoms with Gasteiger partial charge in [0.1, 0.15) is 0 Å². The SMILES string of the molecule is CC(C)CCCC(C)NC(N)=NCC1CCCC1NS(C)(=O)=O.I. The largest absolute Gasteiger partial charge is 0.370 e. The third kappa shape index (κ3) is 10.7. The first-order valence-electron chi connectivity index (χ1n) is 8.71. The monoisotopic (exact) mass is 474 g/mol. The molecule has 144 valence electrons.